The van der Waals surface area contributed by atoms with Gasteiger partial charge in [-0.2, -0.15) is 0 Å². The van der Waals surface area contributed by atoms with Gasteiger partial charge in [0.2, 0.25) is 5.78 Å². The molecule has 1 atom stereocenters. The number of fused-ring (bicyclic) bond motifs is 1. The van der Waals surface area contributed by atoms with Gasteiger partial charge in [-0.15, -0.1) is 0 Å². The highest BCUT2D eigenvalue weighted by Gasteiger charge is 2.46. The Labute approximate surface area is 186 Å². The van der Waals surface area contributed by atoms with Crippen LogP contribution in [0.15, 0.2) is 70.6 Å². The number of pyridine rings is 1. The van der Waals surface area contributed by atoms with E-state index in [-0.39, 0.29) is 11.3 Å². The summed E-state index contributed by atoms with van der Waals surface area (Å²) in [5, 5.41) is 11.1. The van der Waals surface area contributed by atoms with Crippen molar-refractivity contribution in [3.63, 3.8) is 0 Å². The van der Waals surface area contributed by atoms with Crippen molar-refractivity contribution < 1.29 is 23.8 Å². The maximum Gasteiger partial charge on any atom is 0.296 e. The summed E-state index contributed by atoms with van der Waals surface area (Å²) < 4.78 is 11.5. The Kier molecular flexibility index (Phi) is 4.75. The van der Waals surface area contributed by atoms with E-state index in [1.165, 1.54) is 22.3 Å². The summed E-state index contributed by atoms with van der Waals surface area (Å²) in [5.41, 5.74) is 1.16. The molecule has 3 aromatic heterocycles. The monoisotopic (exact) mass is 447 g/mol. The number of furan rings is 1. The second kappa shape index (κ2) is 7.61. The second-order valence-electron chi connectivity index (χ2n) is 7.20. The Balaban J connectivity index is 1.66. The third-order valence-electron chi connectivity index (χ3n) is 5.21. The summed E-state index contributed by atoms with van der Waals surface area (Å²) >= 11 is 1.26. The van der Waals surface area contributed by atoms with Crippen LogP contribution in [0.4, 0.5) is 5.13 Å². The predicted octanol–water partition coefficient (Wildman–Crippen LogP) is 4.38. The number of Topliss-reactive ketones (excluding diaryl/α,β-unsaturated/α-hetero) is 1. The third kappa shape index (κ3) is 3.14. The molecular weight excluding hydrogens is 430 g/mol. The van der Waals surface area contributed by atoms with Crippen LogP contribution in [-0.4, -0.2) is 33.9 Å². The Morgan fingerprint density at radius 2 is 2.09 bits per heavy atom. The normalized spacial score (nSPS) is 16.2. The van der Waals surface area contributed by atoms with Crippen molar-refractivity contribution in [2.45, 2.75) is 13.0 Å². The SMILES string of the molecule is COc1ccc2nc(N3C(=O)C(O)=C(C(=O)c4ccc(C)o4)C3c3cccnc3)sc2c1. The molecule has 0 spiro atoms. The summed E-state index contributed by atoms with van der Waals surface area (Å²) in [4.78, 5) is 36.5. The molecule has 5 rings (SSSR count). The maximum absolute atomic E-state index is 13.3. The van der Waals surface area contributed by atoms with Crippen molar-refractivity contribution in [1.82, 2.24) is 9.97 Å². The molecule has 1 aliphatic heterocycles. The number of amides is 1. The Bertz CT molecular complexity index is 1390. The maximum atomic E-state index is 13.3. The summed E-state index contributed by atoms with van der Waals surface area (Å²) in [6, 6.07) is 11.1. The number of carbonyl (C=O) groups is 2. The molecule has 0 saturated carbocycles. The molecule has 0 radical (unpaired) electrons. The first-order chi connectivity index (χ1) is 15.5. The van der Waals surface area contributed by atoms with Crippen molar-refractivity contribution in [2.75, 3.05) is 12.0 Å². The van der Waals surface area contributed by atoms with Crippen LogP contribution < -0.4 is 9.64 Å². The lowest BCUT2D eigenvalue weighted by Gasteiger charge is -2.23. The molecule has 0 aliphatic carbocycles. The van der Waals surface area contributed by atoms with Gasteiger partial charge in [0.15, 0.2) is 16.7 Å². The molecule has 1 aliphatic rings. The van der Waals surface area contributed by atoms with E-state index in [9.17, 15) is 14.7 Å². The molecule has 1 unspecified atom stereocenters. The fraction of sp³-hybridized carbons (Fsp3) is 0.130. The van der Waals surface area contributed by atoms with Gasteiger partial charge in [0.25, 0.3) is 5.91 Å². The quantitative estimate of drug-likeness (QED) is 0.453. The molecule has 0 bridgehead atoms. The Morgan fingerprint density at radius 1 is 1.25 bits per heavy atom. The fourth-order valence-electron chi connectivity index (χ4n) is 3.70. The number of benzene rings is 1. The number of anilines is 1. The molecule has 1 aromatic carbocycles. The van der Waals surface area contributed by atoms with Crippen LogP contribution in [0.3, 0.4) is 0 Å². The van der Waals surface area contributed by atoms with E-state index in [2.05, 4.69) is 9.97 Å². The summed E-state index contributed by atoms with van der Waals surface area (Å²) in [7, 11) is 1.57. The molecule has 160 valence electrons. The van der Waals surface area contributed by atoms with Crippen LogP contribution >= 0.6 is 11.3 Å². The van der Waals surface area contributed by atoms with Crippen LogP contribution in [-0.2, 0) is 4.79 Å². The number of aliphatic hydroxyl groups excluding tert-OH is 1. The van der Waals surface area contributed by atoms with Gasteiger partial charge in [0.05, 0.1) is 28.9 Å². The number of nitrogens with zero attached hydrogens (tertiary/aromatic N) is 3. The first-order valence-corrected chi connectivity index (χ1v) is 10.5. The topological polar surface area (TPSA) is 106 Å². The van der Waals surface area contributed by atoms with E-state index in [4.69, 9.17) is 9.15 Å². The number of hydrogen-bond donors (Lipinski definition) is 1. The summed E-state index contributed by atoms with van der Waals surface area (Å²) in [5.74, 6) is -0.655. The number of ketones is 1. The molecule has 1 amide bonds. The smallest absolute Gasteiger partial charge is 0.296 e. The zero-order chi connectivity index (χ0) is 22.4. The second-order valence-corrected chi connectivity index (χ2v) is 8.20. The van der Waals surface area contributed by atoms with Crippen LogP contribution in [0.1, 0.15) is 27.9 Å². The minimum Gasteiger partial charge on any atom is -0.503 e. The number of aromatic nitrogens is 2. The van der Waals surface area contributed by atoms with Gasteiger partial charge in [-0.3, -0.25) is 19.5 Å². The van der Waals surface area contributed by atoms with Crippen LogP contribution in [0, 0.1) is 6.92 Å². The van der Waals surface area contributed by atoms with E-state index in [0.29, 0.717) is 27.7 Å². The van der Waals surface area contributed by atoms with Gasteiger partial charge in [0.1, 0.15) is 11.5 Å². The highest BCUT2D eigenvalue weighted by molar-refractivity contribution is 7.22. The van der Waals surface area contributed by atoms with E-state index in [1.807, 2.05) is 6.07 Å². The van der Waals surface area contributed by atoms with Crippen molar-refractivity contribution in [3.05, 3.63) is 83.3 Å². The number of carbonyl (C=O) groups excluding carboxylic acids is 2. The molecule has 1 N–H and O–H groups in total. The van der Waals surface area contributed by atoms with E-state index < -0.39 is 23.5 Å². The minimum atomic E-state index is -0.906. The number of hydrogen-bond acceptors (Lipinski definition) is 8. The largest absolute Gasteiger partial charge is 0.503 e. The van der Waals surface area contributed by atoms with Crippen molar-refractivity contribution >= 4 is 38.4 Å². The van der Waals surface area contributed by atoms with Gasteiger partial charge in [0, 0.05) is 12.4 Å². The zero-order valence-electron chi connectivity index (χ0n) is 17.1. The Morgan fingerprint density at radius 3 is 2.78 bits per heavy atom. The van der Waals surface area contributed by atoms with E-state index in [1.54, 1.807) is 56.8 Å². The number of aryl methyl sites for hydroxylation is 1. The molecule has 4 heterocycles. The Hall–Kier alpha value is -3.98. The van der Waals surface area contributed by atoms with Crippen molar-refractivity contribution in [2.24, 2.45) is 0 Å². The molecule has 32 heavy (non-hydrogen) atoms. The molecule has 0 fully saturated rings. The molecular formula is C23H17N3O5S. The van der Waals surface area contributed by atoms with Gasteiger partial charge in [-0.25, -0.2) is 4.98 Å². The first kappa shape index (κ1) is 20.0. The molecule has 0 saturated heterocycles. The highest BCUT2D eigenvalue weighted by atomic mass is 32.1. The van der Waals surface area contributed by atoms with Gasteiger partial charge in [-0.05, 0) is 48.9 Å². The lowest BCUT2D eigenvalue weighted by atomic mass is 9.96. The molecule has 8 nitrogen and oxygen atoms in total. The summed E-state index contributed by atoms with van der Waals surface area (Å²) in [6.45, 7) is 1.71. The number of aliphatic hydroxyl groups is 1. The van der Waals surface area contributed by atoms with Crippen LogP contribution in [0.5, 0.6) is 5.75 Å². The van der Waals surface area contributed by atoms with Gasteiger partial charge >= 0.3 is 0 Å². The van der Waals surface area contributed by atoms with Gasteiger partial charge < -0.3 is 14.3 Å². The average Bonchev–Trinajstić information content (AvgIpc) is 3.49. The molecule has 9 heteroatoms. The van der Waals surface area contributed by atoms with E-state index >= 15 is 0 Å². The number of methoxy groups -OCH3 is 1. The fourth-order valence-corrected chi connectivity index (χ4v) is 4.72. The van der Waals surface area contributed by atoms with Crippen molar-refractivity contribution in [1.29, 1.82) is 0 Å². The summed E-state index contributed by atoms with van der Waals surface area (Å²) in [6.07, 6.45) is 3.15. The lowest BCUT2D eigenvalue weighted by Crippen LogP contribution is -2.31. The van der Waals surface area contributed by atoms with Crippen LogP contribution in [0.25, 0.3) is 10.2 Å². The zero-order valence-corrected chi connectivity index (χ0v) is 17.9. The molecule has 4 aromatic rings. The third-order valence-corrected chi connectivity index (χ3v) is 6.22. The van der Waals surface area contributed by atoms with Crippen LogP contribution in [0.2, 0.25) is 0 Å². The average molecular weight is 447 g/mol. The first-order valence-electron chi connectivity index (χ1n) is 9.70. The number of rotatable bonds is 5. The highest BCUT2D eigenvalue weighted by Crippen LogP contribution is 2.44. The number of thiazole rings is 1. The minimum absolute atomic E-state index is 0.0432. The predicted molar refractivity (Wildman–Crippen MR) is 118 cm³/mol. The lowest BCUT2D eigenvalue weighted by molar-refractivity contribution is -0.117. The number of ether oxygens (including phenoxy) is 1. The standard InChI is InChI=1S/C23H17N3O5S/c1-12-5-8-16(31-12)20(27)18-19(13-4-3-9-24-11-13)26(22(29)21(18)28)23-25-15-7-6-14(30-2)10-17(15)32-23/h3-11,19,28H,1-2H3. The van der Waals surface area contributed by atoms with Crippen molar-refractivity contribution in [3.8, 4) is 5.75 Å². The van der Waals surface area contributed by atoms with E-state index in [0.717, 1.165) is 4.70 Å². The van der Waals surface area contributed by atoms with Gasteiger partial charge in [-0.1, -0.05) is 17.4 Å².